The van der Waals surface area contributed by atoms with E-state index in [2.05, 4.69) is 26.5 Å². The summed E-state index contributed by atoms with van der Waals surface area (Å²) in [7, 11) is -3.52. The topological polar surface area (TPSA) is 134 Å². The van der Waals surface area contributed by atoms with Crippen LogP contribution in [0.1, 0.15) is 16.7 Å². The Labute approximate surface area is 212 Å². The molecule has 37 heavy (non-hydrogen) atoms. The van der Waals surface area contributed by atoms with Gasteiger partial charge in [-0.15, -0.1) is 0 Å². The Bertz CT molecular complexity index is 1680. The molecule has 0 spiro atoms. The Balaban J connectivity index is 1.42. The number of benzene rings is 2. The molecule has 0 radical (unpaired) electrons. The molecule has 5 rings (SSSR count). The molecule has 1 amide bonds. The van der Waals surface area contributed by atoms with E-state index in [1.54, 1.807) is 30.3 Å². The van der Waals surface area contributed by atoms with Crippen LogP contribution in [0.4, 0.5) is 21.7 Å². The summed E-state index contributed by atoms with van der Waals surface area (Å²) in [5, 5.41) is 16.6. The summed E-state index contributed by atoms with van der Waals surface area (Å²) in [4.78, 5) is 23.2. The Kier molecular flexibility index (Phi) is 6.14. The van der Waals surface area contributed by atoms with E-state index in [0.717, 1.165) is 15.9 Å². The number of nitrogens with zero attached hydrogens (tertiary/aromatic N) is 6. The minimum absolute atomic E-state index is 0.102. The van der Waals surface area contributed by atoms with Gasteiger partial charge in [0.25, 0.3) is 10.0 Å². The lowest BCUT2D eigenvalue weighted by Gasteiger charge is -2.19. The molecule has 3 heterocycles. The van der Waals surface area contributed by atoms with Crippen LogP contribution >= 0.6 is 0 Å². The van der Waals surface area contributed by atoms with E-state index in [9.17, 15) is 22.9 Å². The van der Waals surface area contributed by atoms with Gasteiger partial charge in [-0.3, -0.25) is 4.79 Å². The number of aromatic nitrogens is 4. The van der Waals surface area contributed by atoms with Gasteiger partial charge in [0.05, 0.1) is 47.7 Å². The highest BCUT2D eigenvalue weighted by molar-refractivity contribution is 7.89. The van der Waals surface area contributed by atoms with Crippen LogP contribution in [0.3, 0.4) is 0 Å². The van der Waals surface area contributed by atoms with E-state index in [4.69, 9.17) is 0 Å². The highest BCUT2D eigenvalue weighted by Gasteiger charge is 2.29. The first-order chi connectivity index (χ1) is 17.7. The van der Waals surface area contributed by atoms with Crippen molar-refractivity contribution in [2.24, 2.45) is 0 Å². The molecule has 1 aliphatic rings. The van der Waals surface area contributed by atoms with Crippen molar-refractivity contribution in [2.75, 3.05) is 23.0 Å². The van der Waals surface area contributed by atoms with Gasteiger partial charge in [0.1, 0.15) is 11.9 Å². The van der Waals surface area contributed by atoms with E-state index >= 15 is 0 Å². The maximum absolute atomic E-state index is 14.1. The summed E-state index contributed by atoms with van der Waals surface area (Å²) in [6.45, 7) is 0.391. The summed E-state index contributed by atoms with van der Waals surface area (Å²) in [6.07, 6.45) is 5.66. The van der Waals surface area contributed by atoms with E-state index in [-0.39, 0.29) is 18.3 Å². The van der Waals surface area contributed by atoms with Gasteiger partial charge < -0.3 is 10.2 Å². The molecule has 1 N–H and O–H groups in total. The fraction of sp³-hybridized carbons (Fsp3) is 0.160. The number of nitriles is 1. The fourth-order valence-corrected chi connectivity index (χ4v) is 4.71. The second-order valence-corrected chi connectivity index (χ2v) is 10.3. The smallest absolute Gasteiger partial charge is 0.250 e. The van der Waals surface area contributed by atoms with Crippen LogP contribution in [0.5, 0.6) is 0 Å². The normalized spacial score (nSPS) is 12.7. The van der Waals surface area contributed by atoms with Crippen LogP contribution in [0, 0.1) is 17.1 Å². The molecule has 0 saturated carbocycles. The molecule has 0 bridgehead atoms. The Hall–Kier alpha value is -4.63. The third kappa shape index (κ3) is 4.89. The van der Waals surface area contributed by atoms with Crippen molar-refractivity contribution in [1.29, 1.82) is 5.26 Å². The first-order valence-electron chi connectivity index (χ1n) is 11.2. The number of carbonyl (C=O) groups excluding carboxylic acids is 1. The molecule has 0 aliphatic carbocycles. The molecule has 4 aromatic rings. The molecule has 0 atom stereocenters. The monoisotopic (exact) mass is 517 g/mol. The van der Waals surface area contributed by atoms with Gasteiger partial charge in [-0.2, -0.15) is 14.4 Å². The van der Waals surface area contributed by atoms with Crippen molar-refractivity contribution >= 4 is 33.3 Å². The SMILES string of the molecule is CS(=O)(=O)n1cc(Nc2nccc(-c3cc(C#N)c4c(c3)CCN4C(=O)Cc3ccccc3F)n2)cn1. The standard InChI is InChI=1S/C25H20FN7O3S/c1-37(35,36)33-15-20(14-29-33)30-25-28-8-6-22(31-25)18-10-17-7-9-32(24(17)19(11-18)13-27)23(34)12-16-4-2-3-5-21(16)26/h2-6,8,10-11,14-15H,7,9,12H2,1H3,(H,28,30,31). The lowest BCUT2D eigenvalue weighted by Crippen LogP contribution is -2.31. The van der Waals surface area contributed by atoms with Gasteiger partial charge in [0.15, 0.2) is 0 Å². The summed E-state index contributed by atoms with van der Waals surface area (Å²) in [5.74, 6) is -0.509. The number of anilines is 3. The van der Waals surface area contributed by atoms with E-state index in [1.165, 1.54) is 29.6 Å². The highest BCUT2D eigenvalue weighted by atomic mass is 32.2. The molecule has 2 aromatic heterocycles. The van der Waals surface area contributed by atoms with Gasteiger partial charge in [-0.05, 0) is 41.8 Å². The van der Waals surface area contributed by atoms with Crippen LogP contribution in [0.25, 0.3) is 11.3 Å². The lowest BCUT2D eigenvalue weighted by atomic mass is 10.0. The Morgan fingerprint density at radius 3 is 2.78 bits per heavy atom. The van der Waals surface area contributed by atoms with Gasteiger partial charge in [0, 0.05) is 18.3 Å². The van der Waals surface area contributed by atoms with E-state index in [1.807, 2.05) is 6.07 Å². The van der Waals surface area contributed by atoms with Crippen molar-refractivity contribution in [2.45, 2.75) is 12.8 Å². The van der Waals surface area contributed by atoms with E-state index < -0.39 is 15.8 Å². The van der Waals surface area contributed by atoms with E-state index in [0.29, 0.717) is 46.7 Å². The number of hydrogen-bond acceptors (Lipinski definition) is 8. The van der Waals surface area contributed by atoms with Crippen LogP contribution < -0.4 is 10.2 Å². The number of carbonyl (C=O) groups is 1. The number of hydrogen-bond donors (Lipinski definition) is 1. The van der Waals surface area contributed by atoms with Gasteiger partial charge >= 0.3 is 0 Å². The maximum Gasteiger partial charge on any atom is 0.250 e. The minimum atomic E-state index is -3.52. The Morgan fingerprint density at radius 1 is 1.24 bits per heavy atom. The molecular formula is C25H20FN7O3S. The number of fused-ring (bicyclic) bond motifs is 1. The van der Waals surface area contributed by atoms with Crippen LogP contribution in [0.2, 0.25) is 0 Å². The summed E-state index contributed by atoms with van der Waals surface area (Å²) in [6, 6.07) is 13.5. The van der Waals surface area contributed by atoms with Crippen LogP contribution in [-0.4, -0.2) is 46.3 Å². The third-order valence-corrected chi connectivity index (χ3v) is 6.77. The van der Waals surface area contributed by atoms with Gasteiger partial charge in [0.2, 0.25) is 11.9 Å². The Morgan fingerprint density at radius 2 is 2.05 bits per heavy atom. The molecule has 0 saturated heterocycles. The number of rotatable bonds is 6. The number of nitrogens with one attached hydrogen (secondary N) is 1. The predicted molar refractivity (Wildman–Crippen MR) is 134 cm³/mol. The van der Waals surface area contributed by atoms with Gasteiger partial charge in [-0.1, -0.05) is 18.2 Å². The summed E-state index contributed by atoms with van der Waals surface area (Å²) >= 11 is 0. The van der Waals surface area contributed by atoms with Crippen LogP contribution in [-0.2, 0) is 27.7 Å². The largest absolute Gasteiger partial charge is 0.321 e. The van der Waals surface area contributed by atoms with Crippen molar-refractivity contribution in [1.82, 2.24) is 19.2 Å². The first kappa shape index (κ1) is 24.1. The highest BCUT2D eigenvalue weighted by Crippen LogP contribution is 2.36. The zero-order chi connectivity index (χ0) is 26.2. The minimum Gasteiger partial charge on any atom is -0.321 e. The van der Waals surface area contributed by atoms with Crippen molar-refractivity contribution in [3.05, 3.63) is 83.6 Å². The fourth-order valence-electron chi connectivity index (χ4n) is 4.19. The lowest BCUT2D eigenvalue weighted by molar-refractivity contribution is -0.117. The van der Waals surface area contributed by atoms with Crippen molar-refractivity contribution < 1.29 is 17.6 Å². The second-order valence-electron chi connectivity index (χ2n) is 8.46. The van der Waals surface area contributed by atoms with Crippen LogP contribution in [0.15, 0.2) is 61.1 Å². The third-order valence-electron chi connectivity index (χ3n) is 5.89. The first-order valence-corrected chi connectivity index (χ1v) is 13.0. The molecule has 0 fully saturated rings. The molecule has 2 aromatic carbocycles. The zero-order valence-corrected chi connectivity index (χ0v) is 20.4. The summed E-state index contributed by atoms with van der Waals surface area (Å²) < 4.78 is 38.2. The molecule has 186 valence electrons. The van der Waals surface area contributed by atoms with Crippen molar-refractivity contribution in [3.8, 4) is 17.3 Å². The average Bonchev–Trinajstić information content (AvgIpc) is 3.52. The summed E-state index contributed by atoms with van der Waals surface area (Å²) in [5.41, 5.74) is 3.55. The molecule has 12 heteroatoms. The predicted octanol–water partition coefficient (Wildman–Crippen LogP) is 3.03. The number of amides is 1. The molecular weight excluding hydrogens is 497 g/mol. The maximum atomic E-state index is 14.1. The second kappa shape index (κ2) is 9.44. The molecule has 10 nitrogen and oxygen atoms in total. The number of halogens is 1. The quantitative estimate of drug-likeness (QED) is 0.413. The molecule has 0 unspecified atom stereocenters. The molecule has 1 aliphatic heterocycles. The van der Waals surface area contributed by atoms with Crippen molar-refractivity contribution in [3.63, 3.8) is 0 Å². The average molecular weight is 518 g/mol. The van der Waals surface area contributed by atoms with Gasteiger partial charge in [-0.25, -0.2) is 22.8 Å². The zero-order valence-electron chi connectivity index (χ0n) is 19.6.